The van der Waals surface area contributed by atoms with Crippen molar-refractivity contribution in [3.63, 3.8) is 0 Å². The number of nitrogens with zero attached hydrogens (tertiary/aromatic N) is 4. The van der Waals surface area contributed by atoms with Crippen molar-refractivity contribution in [1.82, 2.24) is 19.7 Å². The molecule has 1 saturated carbocycles. The Balaban J connectivity index is 2.10. The summed E-state index contributed by atoms with van der Waals surface area (Å²) in [5.41, 5.74) is 9.29. The maximum atomic E-state index is 6.14. The molecule has 5 nitrogen and oxygen atoms in total. The second-order valence-electron chi connectivity index (χ2n) is 5.63. The Morgan fingerprint density at radius 3 is 2.71 bits per heavy atom. The zero-order chi connectivity index (χ0) is 15.0. The van der Waals surface area contributed by atoms with Crippen molar-refractivity contribution in [2.45, 2.75) is 44.9 Å². The molecule has 0 atom stereocenters. The minimum absolute atomic E-state index is 0.530. The van der Waals surface area contributed by atoms with Gasteiger partial charge in [-0.2, -0.15) is 5.10 Å². The van der Waals surface area contributed by atoms with Crippen LogP contribution in [0.25, 0.3) is 11.4 Å². The summed E-state index contributed by atoms with van der Waals surface area (Å²) in [6.45, 7) is 2.10. The fourth-order valence-electron chi connectivity index (χ4n) is 3.06. The molecule has 0 radical (unpaired) electrons. The molecule has 1 aliphatic rings. The number of aromatic nitrogens is 4. The summed E-state index contributed by atoms with van der Waals surface area (Å²) in [4.78, 5) is 9.36. The number of aryl methyl sites for hydroxylation is 2. The third-order valence-electron chi connectivity index (χ3n) is 4.13. The van der Waals surface area contributed by atoms with Crippen molar-refractivity contribution in [2.24, 2.45) is 7.05 Å². The van der Waals surface area contributed by atoms with Gasteiger partial charge in [-0.25, -0.2) is 9.97 Å². The SMILES string of the molecule is CCc1nn(C)cc1-c1nc(N)c(I)c(C2CCCC2)n1. The molecule has 0 aromatic carbocycles. The largest absolute Gasteiger partial charge is 0.383 e. The lowest BCUT2D eigenvalue weighted by Gasteiger charge is -2.13. The maximum absolute atomic E-state index is 6.14. The minimum Gasteiger partial charge on any atom is -0.383 e. The molecule has 2 aromatic rings. The number of rotatable bonds is 3. The van der Waals surface area contributed by atoms with Gasteiger partial charge in [-0.3, -0.25) is 4.68 Å². The van der Waals surface area contributed by atoms with Crippen LogP contribution in [-0.2, 0) is 13.5 Å². The molecule has 21 heavy (non-hydrogen) atoms. The van der Waals surface area contributed by atoms with Gasteiger partial charge in [0, 0.05) is 19.2 Å². The molecule has 6 heteroatoms. The zero-order valence-corrected chi connectivity index (χ0v) is 14.6. The molecular weight excluding hydrogens is 377 g/mol. The van der Waals surface area contributed by atoms with Crippen molar-refractivity contribution in [3.8, 4) is 11.4 Å². The monoisotopic (exact) mass is 397 g/mol. The first-order chi connectivity index (χ1) is 10.1. The van der Waals surface area contributed by atoms with Crippen LogP contribution >= 0.6 is 22.6 Å². The molecule has 0 spiro atoms. The predicted molar refractivity (Wildman–Crippen MR) is 92.0 cm³/mol. The third-order valence-corrected chi connectivity index (χ3v) is 5.23. The summed E-state index contributed by atoms with van der Waals surface area (Å²) in [7, 11) is 1.93. The Morgan fingerprint density at radius 1 is 1.33 bits per heavy atom. The number of hydrogen-bond acceptors (Lipinski definition) is 4. The third kappa shape index (κ3) is 2.77. The number of anilines is 1. The highest BCUT2D eigenvalue weighted by molar-refractivity contribution is 14.1. The number of hydrogen-bond donors (Lipinski definition) is 1. The van der Waals surface area contributed by atoms with Crippen LogP contribution in [0.4, 0.5) is 5.82 Å². The van der Waals surface area contributed by atoms with E-state index in [1.54, 1.807) is 0 Å². The van der Waals surface area contributed by atoms with E-state index in [0.29, 0.717) is 11.7 Å². The molecule has 1 fully saturated rings. The number of nitrogens with two attached hydrogens (primary N) is 1. The smallest absolute Gasteiger partial charge is 0.165 e. The van der Waals surface area contributed by atoms with Gasteiger partial charge in [-0.1, -0.05) is 19.8 Å². The van der Waals surface area contributed by atoms with Gasteiger partial charge in [0.1, 0.15) is 5.82 Å². The van der Waals surface area contributed by atoms with E-state index >= 15 is 0 Å². The summed E-state index contributed by atoms with van der Waals surface area (Å²) in [5, 5.41) is 4.48. The second-order valence-corrected chi connectivity index (χ2v) is 6.71. The van der Waals surface area contributed by atoms with Gasteiger partial charge in [0.15, 0.2) is 5.82 Å². The Bertz CT molecular complexity index is 658. The summed E-state index contributed by atoms with van der Waals surface area (Å²) in [6.07, 6.45) is 7.84. The van der Waals surface area contributed by atoms with E-state index in [2.05, 4.69) is 39.6 Å². The van der Waals surface area contributed by atoms with Gasteiger partial charge < -0.3 is 5.73 Å². The minimum atomic E-state index is 0.530. The van der Waals surface area contributed by atoms with Gasteiger partial charge in [0.25, 0.3) is 0 Å². The van der Waals surface area contributed by atoms with E-state index in [0.717, 1.165) is 32.8 Å². The van der Waals surface area contributed by atoms with E-state index in [1.807, 2.05) is 17.9 Å². The summed E-state index contributed by atoms with van der Waals surface area (Å²) in [6, 6.07) is 0. The molecule has 0 amide bonds. The molecule has 2 N–H and O–H groups in total. The van der Waals surface area contributed by atoms with Crippen molar-refractivity contribution >= 4 is 28.4 Å². The first kappa shape index (κ1) is 14.7. The molecule has 3 rings (SSSR count). The Kier molecular flexibility index (Phi) is 4.14. The highest BCUT2D eigenvalue weighted by atomic mass is 127. The first-order valence-electron chi connectivity index (χ1n) is 7.46. The molecule has 1 aliphatic carbocycles. The van der Waals surface area contributed by atoms with Crippen LogP contribution in [0.3, 0.4) is 0 Å². The first-order valence-corrected chi connectivity index (χ1v) is 8.53. The molecule has 0 bridgehead atoms. The van der Waals surface area contributed by atoms with Crippen molar-refractivity contribution in [3.05, 3.63) is 21.2 Å². The molecule has 2 aromatic heterocycles. The standard InChI is InChI=1S/C15H20IN5/c1-3-11-10(8-21(2)20-11)15-18-13(9-6-4-5-7-9)12(16)14(17)19-15/h8-9H,3-7H2,1-2H3,(H2,17,18,19). The van der Waals surface area contributed by atoms with Gasteiger partial charge in [-0.05, 0) is 41.9 Å². The van der Waals surface area contributed by atoms with Gasteiger partial charge in [0.2, 0.25) is 0 Å². The lowest BCUT2D eigenvalue weighted by atomic mass is 10.0. The van der Waals surface area contributed by atoms with Gasteiger partial charge >= 0.3 is 0 Å². The topological polar surface area (TPSA) is 69.6 Å². The summed E-state index contributed by atoms with van der Waals surface area (Å²) in [5.74, 6) is 1.84. The molecule has 112 valence electrons. The lowest BCUT2D eigenvalue weighted by molar-refractivity contribution is 0.691. The van der Waals surface area contributed by atoms with E-state index < -0.39 is 0 Å². The normalized spacial score (nSPS) is 15.8. The van der Waals surface area contributed by atoms with Crippen LogP contribution in [0.1, 0.15) is 49.9 Å². The van der Waals surface area contributed by atoms with E-state index in [9.17, 15) is 0 Å². The maximum Gasteiger partial charge on any atom is 0.165 e. The number of nitrogen functional groups attached to an aromatic ring is 1. The fourth-order valence-corrected chi connectivity index (χ4v) is 3.74. The highest BCUT2D eigenvalue weighted by Gasteiger charge is 2.24. The number of halogens is 1. The average Bonchev–Trinajstić information content (AvgIpc) is 3.10. The van der Waals surface area contributed by atoms with E-state index in [1.165, 1.54) is 25.7 Å². The van der Waals surface area contributed by atoms with Crippen LogP contribution < -0.4 is 5.73 Å². The molecule has 0 unspecified atom stereocenters. The molecule has 0 aliphatic heterocycles. The van der Waals surface area contributed by atoms with Gasteiger partial charge in [0.05, 0.1) is 20.5 Å². The van der Waals surface area contributed by atoms with Crippen molar-refractivity contribution in [1.29, 1.82) is 0 Å². The second kappa shape index (κ2) is 5.90. The van der Waals surface area contributed by atoms with Crippen molar-refractivity contribution < 1.29 is 0 Å². The van der Waals surface area contributed by atoms with Crippen molar-refractivity contribution in [2.75, 3.05) is 5.73 Å². The van der Waals surface area contributed by atoms with Crippen LogP contribution in [-0.4, -0.2) is 19.7 Å². The average molecular weight is 397 g/mol. The predicted octanol–water partition coefficient (Wildman–Crippen LogP) is 3.28. The Hall–Kier alpha value is -1.18. The molecular formula is C15H20IN5. The van der Waals surface area contributed by atoms with Crippen LogP contribution in [0.5, 0.6) is 0 Å². The molecule has 2 heterocycles. The zero-order valence-electron chi connectivity index (χ0n) is 12.4. The van der Waals surface area contributed by atoms with E-state index in [4.69, 9.17) is 10.7 Å². The van der Waals surface area contributed by atoms with Crippen LogP contribution in [0.15, 0.2) is 6.20 Å². The Labute approximate surface area is 138 Å². The molecule has 0 saturated heterocycles. The fraction of sp³-hybridized carbons (Fsp3) is 0.533. The van der Waals surface area contributed by atoms with E-state index in [-0.39, 0.29) is 0 Å². The quantitative estimate of drug-likeness (QED) is 0.808. The van der Waals surface area contributed by atoms with Gasteiger partial charge in [-0.15, -0.1) is 0 Å². The summed E-state index contributed by atoms with van der Waals surface area (Å²) >= 11 is 2.28. The highest BCUT2D eigenvalue weighted by Crippen LogP contribution is 2.37. The van der Waals surface area contributed by atoms with Crippen LogP contribution in [0, 0.1) is 3.57 Å². The summed E-state index contributed by atoms with van der Waals surface area (Å²) < 4.78 is 2.84. The Morgan fingerprint density at radius 2 is 2.05 bits per heavy atom. The lowest BCUT2D eigenvalue weighted by Crippen LogP contribution is -2.08. The van der Waals surface area contributed by atoms with Crippen LogP contribution in [0.2, 0.25) is 0 Å².